The number of ketones is 1. The van der Waals surface area contributed by atoms with Gasteiger partial charge in [0.25, 0.3) is 0 Å². The quantitative estimate of drug-likeness (QED) is 0.0702. The fourth-order valence-corrected chi connectivity index (χ4v) is 5.06. The third-order valence-electron chi connectivity index (χ3n) is 6.20. The van der Waals surface area contributed by atoms with Crippen molar-refractivity contribution in [1.82, 2.24) is 4.90 Å². The molecule has 0 aromatic carbocycles. The van der Waals surface area contributed by atoms with Crippen LogP contribution >= 0.6 is 0 Å². The van der Waals surface area contributed by atoms with E-state index in [0.29, 0.717) is 31.9 Å². The maximum atomic E-state index is 12.9. The van der Waals surface area contributed by atoms with E-state index in [2.05, 4.69) is 19.1 Å². The Balaban J connectivity index is 0.0000116. The average molecular weight is 526 g/mol. The van der Waals surface area contributed by atoms with Crippen molar-refractivity contribution in [2.24, 2.45) is 0 Å². The summed E-state index contributed by atoms with van der Waals surface area (Å²) in [5.41, 5.74) is 0. The Morgan fingerprint density at radius 1 is 1.06 bits per heavy atom. The number of rotatable bonds is 21. The monoisotopic (exact) mass is 525 g/mol. The number of β-amino-alcohol motifs (C(OH)–C–C–N with tert-alkyl or cyclic N) is 2. The maximum Gasteiger partial charge on any atom is 1.00 e. The van der Waals surface area contributed by atoms with Crippen molar-refractivity contribution >= 4 is 21.7 Å². The second-order valence-electron chi connectivity index (χ2n) is 9.28. The second kappa shape index (κ2) is 20.7. The van der Waals surface area contributed by atoms with Gasteiger partial charge in [-0.25, -0.2) is 8.42 Å². The number of allylic oxidation sites excluding steroid dienone is 2. The van der Waals surface area contributed by atoms with Crippen molar-refractivity contribution in [1.29, 1.82) is 0 Å². The Bertz CT molecular complexity index is 742. The summed E-state index contributed by atoms with van der Waals surface area (Å²) in [6, 6.07) is 0. The summed E-state index contributed by atoms with van der Waals surface area (Å²) in [7, 11) is -4.54. The van der Waals surface area contributed by atoms with E-state index < -0.39 is 22.0 Å². The molecule has 10 heteroatoms. The van der Waals surface area contributed by atoms with Gasteiger partial charge in [0.2, 0.25) is 5.78 Å². The van der Waals surface area contributed by atoms with Crippen LogP contribution in [0.3, 0.4) is 0 Å². The first-order chi connectivity index (χ1) is 16.3. The molecule has 8 nitrogen and oxygen atoms in total. The molecule has 0 fully saturated rings. The molecular formula is C25H46N2NaO6S+. The molecule has 1 aliphatic rings. The molecule has 0 bridgehead atoms. The van der Waals surface area contributed by atoms with E-state index in [0.717, 1.165) is 19.3 Å². The van der Waals surface area contributed by atoms with Crippen LogP contribution in [-0.4, -0.2) is 88.9 Å². The van der Waals surface area contributed by atoms with Crippen molar-refractivity contribution < 1.29 is 62.1 Å². The smallest absolute Gasteiger partial charge is 0.748 e. The molecule has 1 rings (SSSR count). The molecule has 0 saturated heterocycles. The van der Waals surface area contributed by atoms with E-state index in [-0.39, 0.29) is 48.5 Å². The number of amidine groups is 1. The minimum atomic E-state index is -4.54. The van der Waals surface area contributed by atoms with Gasteiger partial charge in [0.05, 0.1) is 22.5 Å². The van der Waals surface area contributed by atoms with Gasteiger partial charge in [-0.2, -0.15) is 0 Å². The molecule has 0 radical (unpaired) electrons. The van der Waals surface area contributed by atoms with E-state index in [1.54, 1.807) is 9.48 Å². The molecule has 35 heavy (non-hydrogen) atoms. The number of hydrogen-bond acceptors (Lipinski definition) is 7. The van der Waals surface area contributed by atoms with Crippen LogP contribution in [0.15, 0.2) is 12.2 Å². The van der Waals surface area contributed by atoms with Crippen LogP contribution in [0.25, 0.3) is 0 Å². The fourth-order valence-electron chi connectivity index (χ4n) is 4.48. The largest absolute Gasteiger partial charge is 1.00 e. The molecule has 1 unspecified atom stereocenters. The van der Waals surface area contributed by atoms with Gasteiger partial charge >= 0.3 is 35.4 Å². The molecule has 0 aromatic heterocycles. The first-order valence-electron chi connectivity index (χ1n) is 13.0. The molecule has 0 saturated carbocycles. The number of Topliss-reactive ketones (excluding diaryl/α,β-unsaturated/α-hetero) is 1. The third-order valence-corrected chi connectivity index (χ3v) is 6.99. The summed E-state index contributed by atoms with van der Waals surface area (Å²) in [4.78, 5) is 14.6. The predicted octanol–water partition coefficient (Wildman–Crippen LogP) is -0.168. The summed E-state index contributed by atoms with van der Waals surface area (Å²) in [5.74, 6) is -0.513. The Hall–Kier alpha value is -0.290. The average Bonchev–Trinajstić information content (AvgIpc) is 3.14. The van der Waals surface area contributed by atoms with Gasteiger partial charge in [-0.05, 0) is 26.2 Å². The number of carbonyl (C=O) groups is 1. The Kier molecular flexibility index (Phi) is 20.6. The number of nitrogens with zero attached hydrogens (tertiary/aromatic N) is 2. The van der Waals surface area contributed by atoms with Crippen LogP contribution in [0.5, 0.6) is 0 Å². The molecule has 0 aromatic rings. The molecule has 1 aliphatic heterocycles. The zero-order valence-corrected chi connectivity index (χ0v) is 24.8. The van der Waals surface area contributed by atoms with Crippen molar-refractivity contribution in [3.63, 3.8) is 0 Å². The van der Waals surface area contributed by atoms with Gasteiger partial charge in [-0.3, -0.25) is 14.3 Å². The summed E-state index contributed by atoms with van der Waals surface area (Å²) in [6.07, 6.45) is 17.7. The van der Waals surface area contributed by atoms with E-state index in [1.807, 2.05) is 0 Å². The van der Waals surface area contributed by atoms with Gasteiger partial charge in [0.1, 0.15) is 32.3 Å². The van der Waals surface area contributed by atoms with Crippen LogP contribution in [0, 0.1) is 0 Å². The molecule has 0 amide bonds. The molecule has 0 aliphatic carbocycles. The SMILES string of the molecule is C/C=C/CCCCCCCCCCCCCC(=O)C1=[N+](CC(O)CS(=O)(=O)[O-])CCN1CCO.[Na+]. The summed E-state index contributed by atoms with van der Waals surface area (Å²) in [5, 5.41) is 19.3. The van der Waals surface area contributed by atoms with Crippen molar-refractivity contribution in [3.05, 3.63) is 12.2 Å². The second-order valence-corrected chi connectivity index (χ2v) is 10.7. The number of unbranched alkanes of at least 4 members (excludes halogenated alkanes) is 11. The number of hydrogen-bond donors (Lipinski definition) is 2. The minimum absolute atomic E-state index is 0. The van der Waals surface area contributed by atoms with Gasteiger partial charge in [-0.1, -0.05) is 69.9 Å². The van der Waals surface area contributed by atoms with Crippen LogP contribution < -0.4 is 29.6 Å². The molecule has 0 spiro atoms. The normalized spacial score (nSPS) is 15.1. The Labute approximate surface area is 234 Å². The van der Waals surface area contributed by atoms with Crippen LogP contribution in [0.2, 0.25) is 0 Å². The Morgan fingerprint density at radius 2 is 1.60 bits per heavy atom. The Morgan fingerprint density at radius 3 is 2.11 bits per heavy atom. The first kappa shape index (κ1) is 34.7. The molecule has 198 valence electrons. The molecule has 1 heterocycles. The third kappa shape index (κ3) is 17.0. The van der Waals surface area contributed by atoms with Gasteiger partial charge in [0.15, 0.2) is 0 Å². The molecule has 2 N–H and O–H groups in total. The van der Waals surface area contributed by atoms with E-state index >= 15 is 0 Å². The van der Waals surface area contributed by atoms with Crippen molar-refractivity contribution in [3.8, 4) is 0 Å². The number of aliphatic hydroxyl groups is 2. The van der Waals surface area contributed by atoms with Crippen molar-refractivity contribution in [2.45, 2.75) is 96.5 Å². The first-order valence-corrected chi connectivity index (χ1v) is 14.6. The van der Waals surface area contributed by atoms with E-state index in [9.17, 15) is 28.0 Å². The van der Waals surface area contributed by atoms with Crippen LogP contribution in [-0.2, 0) is 14.9 Å². The fraction of sp³-hybridized carbons (Fsp3) is 0.840. The van der Waals surface area contributed by atoms with Crippen LogP contribution in [0.4, 0.5) is 0 Å². The van der Waals surface area contributed by atoms with E-state index in [4.69, 9.17) is 0 Å². The standard InChI is InChI=1S/C25H46N2O6S.Na/c1-2-3-4-5-6-7-8-9-10-11-12-13-14-15-16-24(30)25-26(19-20-28)17-18-27(25)21-23(29)22-34(31,32)33;/h2-3,23,28-29H,4-22H2,1H3;/q;+1/b3-2+;. The molecule has 1 atom stereocenters. The predicted molar refractivity (Wildman–Crippen MR) is 134 cm³/mol. The van der Waals surface area contributed by atoms with E-state index in [1.165, 1.54) is 57.8 Å². The van der Waals surface area contributed by atoms with Crippen molar-refractivity contribution in [2.75, 3.05) is 38.5 Å². The zero-order chi connectivity index (χ0) is 25.2. The minimum Gasteiger partial charge on any atom is -0.748 e. The molecular weight excluding hydrogens is 479 g/mol. The van der Waals surface area contributed by atoms with Crippen LogP contribution in [0.1, 0.15) is 90.4 Å². The number of aliphatic hydroxyl groups excluding tert-OH is 2. The summed E-state index contributed by atoms with van der Waals surface area (Å²) >= 11 is 0. The van der Waals surface area contributed by atoms with Gasteiger partial charge < -0.3 is 14.8 Å². The zero-order valence-electron chi connectivity index (χ0n) is 22.0. The topological polar surface area (TPSA) is 121 Å². The summed E-state index contributed by atoms with van der Waals surface area (Å²) in [6.45, 7) is 3.17. The maximum absolute atomic E-state index is 12.9. The number of carbonyl (C=O) groups excluding carboxylic acids is 1. The van der Waals surface area contributed by atoms with Gasteiger partial charge in [0, 0.05) is 6.42 Å². The summed E-state index contributed by atoms with van der Waals surface area (Å²) < 4.78 is 34.4. The van der Waals surface area contributed by atoms with Gasteiger partial charge in [-0.15, -0.1) is 0 Å².